The number of ether oxygens (including phenoxy) is 1. The SMILES string of the molecule is Cc1cc(C(=O)OC(C)C(=O)Nc2ccc(Cl)cc2Cl)c(C)o1. The highest BCUT2D eigenvalue weighted by Crippen LogP contribution is 2.25. The quantitative estimate of drug-likeness (QED) is 0.825. The third-order valence-corrected chi connectivity index (χ3v) is 3.65. The Bertz CT molecular complexity index is 755. The van der Waals surface area contributed by atoms with E-state index >= 15 is 0 Å². The summed E-state index contributed by atoms with van der Waals surface area (Å²) >= 11 is 11.8. The lowest BCUT2D eigenvalue weighted by Gasteiger charge is -2.14. The monoisotopic (exact) mass is 355 g/mol. The van der Waals surface area contributed by atoms with Gasteiger partial charge in [-0.05, 0) is 45.0 Å². The van der Waals surface area contributed by atoms with Crippen molar-refractivity contribution in [3.8, 4) is 0 Å². The maximum atomic E-state index is 12.1. The van der Waals surface area contributed by atoms with Crippen LogP contribution in [0.4, 0.5) is 5.69 Å². The highest BCUT2D eigenvalue weighted by molar-refractivity contribution is 6.36. The molecule has 23 heavy (non-hydrogen) atoms. The lowest BCUT2D eigenvalue weighted by atomic mass is 10.2. The largest absolute Gasteiger partial charge is 0.466 e. The van der Waals surface area contributed by atoms with Crippen LogP contribution in [0.3, 0.4) is 0 Å². The molecule has 122 valence electrons. The van der Waals surface area contributed by atoms with E-state index in [0.717, 1.165) is 0 Å². The second kappa shape index (κ2) is 7.06. The van der Waals surface area contributed by atoms with Gasteiger partial charge in [0.15, 0.2) is 6.10 Å². The molecule has 0 fully saturated rings. The second-order valence-corrected chi connectivity index (χ2v) is 5.83. The molecule has 1 aromatic heterocycles. The minimum atomic E-state index is -0.996. The number of rotatable bonds is 4. The number of nitrogens with one attached hydrogen (secondary N) is 1. The molecule has 1 heterocycles. The summed E-state index contributed by atoms with van der Waals surface area (Å²) in [5, 5.41) is 3.34. The van der Waals surface area contributed by atoms with Crippen molar-refractivity contribution in [1.29, 1.82) is 0 Å². The average molecular weight is 356 g/mol. The minimum Gasteiger partial charge on any atom is -0.466 e. The standard InChI is InChI=1S/C16H15Cl2NO4/c1-8-6-12(9(2)22-8)16(21)23-10(3)15(20)19-14-5-4-11(17)7-13(14)18/h4-7,10H,1-3H3,(H,19,20). The van der Waals surface area contributed by atoms with Gasteiger partial charge in [-0.2, -0.15) is 0 Å². The van der Waals surface area contributed by atoms with Gasteiger partial charge in [0.2, 0.25) is 0 Å². The van der Waals surface area contributed by atoms with E-state index < -0.39 is 18.0 Å². The Morgan fingerprint density at radius 2 is 1.91 bits per heavy atom. The summed E-state index contributed by atoms with van der Waals surface area (Å²) in [7, 11) is 0. The zero-order chi connectivity index (χ0) is 17.1. The number of hydrogen-bond donors (Lipinski definition) is 1. The molecule has 7 heteroatoms. The summed E-state index contributed by atoms with van der Waals surface area (Å²) in [6.45, 7) is 4.85. The van der Waals surface area contributed by atoms with Crippen LogP contribution in [0.2, 0.25) is 10.0 Å². The number of benzene rings is 1. The molecule has 1 aromatic carbocycles. The molecule has 0 aliphatic rings. The summed E-state index contributed by atoms with van der Waals surface area (Å²) in [5.41, 5.74) is 0.686. The molecular formula is C16H15Cl2NO4. The van der Waals surface area contributed by atoms with Gasteiger partial charge in [0.05, 0.1) is 10.7 Å². The first-order valence-corrected chi connectivity index (χ1v) is 7.57. The Labute approximate surface area is 143 Å². The van der Waals surface area contributed by atoms with Crippen LogP contribution in [0, 0.1) is 13.8 Å². The fourth-order valence-corrected chi connectivity index (χ4v) is 2.39. The van der Waals surface area contributed by atoms with Crippen molar-refractivity contribution in [2.45, 2.75) is 26.9 Å². The van der Waals surface area contributed by atoms with E-state index in [1.165, 1.54) is 13.0 Å². The van der Waals surface area contributed by atoms with Crippen molar-refractivity contribution < 1.29 is 18.7 Å². The molecule has 0 radical (unpaired) electrons. The van der Waals surface area contributed by atoms with Crippen LogP contribution in [-0.4, -0.2) is 18.0 Å². The van der Waals surface area contributed by atoms with E-state index in [0.29, 0.717) is 32.8 Å². The summed E-state index contributed by atoms with van der Waals surface area (Å²) in [6, 6.07) is 6.24. The van der Waals surface area contributed by atoms with Crippen LogP contribution in [0.15, 0.2) is 28.7 Å². The fraction of sp³-hybridized carbons (Fsp3) is 0.250. The van der Waals surface area contributed by atoms with Crippen LogP contribution in [0.1, 0.15) is 28.8 Å². The Hall–Kier alpha value is -1.98. The van der Waals surface area contributed by atoms with Gasteiger partial charge in [0.25, 0.3) is 5.91 Å². The molecule has 1 unspecified atom stereocenters. The van der Waals surface area contributed by atoms with E-state index in [2.05, 4.69) is 5.32 Å². The Morgan fingerprint density at radius 3 is 2.48 bits per heavy atom. The third kappa shape index (κ3) is 4.27. The van der Waals surface area contributed by atoms with E-state index in [1.54, 1.807) is 32.0 Å². The molecular weight excluding hydrogens is 341 g/mol. The zero-order valence-electron chi connectivity index (χ0n) is 12.8. The number of amides is 1. The van der Waals surface area contributed by atoms with Gasteiger partial charge in [-0.1, -0.05) is 23.2 Å². The van der Waals surface area contributed by atoms with Gasteiger partial charge in [-0.15, -0.1) is 0 Å². The van der Waals surface area contributed by atoms with E-state index in [1.807, 2.05) is 0 Å². The normalized spacial score (nSPS) is 11.9. The maximum absolute atomic E-state index is 12.1. The number of aryl methyl sites for hydroxylation is 2. The second-order valence-electron chi connectivity index (χ2n) is 4.99. The molecule has 0 bridgehead atoms. The van der Waals surface area contributed by atoms with Crippen molar-refractivity contribution in [1.82, 2.24) is 0 Å². The maximum Gasteiger partial charge on any atom is 0.342 e. The topological polar surface area (TPSA) is 68.5 Å². The van der Waals surface area contributed by atoms with Gasteiger partial charge in [-0.25, -0.2) is 4.79 Å². The molecule has 0 aliphatic heterocycles. The molecule has 0 spiro atoms. The molecule has 2 rings (SSSR count). The smallest absolute Gasteiger partial charge is 0.342 e. The number of esters is 1. The first-order valence-electron chi connectivity index (χ1n) is 6.82. The summed E-state index contributed by atoms with van der Waals surface area (Å²) in [4.78, 5) is 24.2. The predicted octanol–water partition coefficient (Wildman–Crippen LogP) is 4.39. The van der Waals surface area contributed by atoms with E-state index in [4.69, 9.17) is 32.4 Å². The molecule has 1 atom stereocenters. The van der Waals surface area contributed by atoms with Crippen LogP contribution < -0.4 is 5.32 Å². The van der Waals surface area contributed by atoms with Crippen molar-refractivity contribution >= 4 is 40.8 Å². The van der Waals surface area contributed by atoms with E-state index in [-0.39, 0.29) is 0 Å². The molecule has 5 nitrogen and oxygen atoms in total. The third-order valence-electron chi connectivity index (χ3n) is 3.10. The van der Waals surface area contributed by atoms with Crippen LogP contribution in [0.5, 0.6) is 0 Å². The summed E-state index contributed by atoms with van der Waals surface area (Å²) in [6.07, 6.45) is -0.996. The number of anilines is 1. The summed E-state index contributed by atoms with van der Waals surface area (Å²) in [5.74, 6) is -0.0787. The first kappa shape index (κ1) is 17.4. The molecule has 0 saturated heterocycles. The summed E-state index contributed by atoms with van der Waals surface area (Å²) < 4.78 is 10.4. The lowest BCUT2D eigenvalue weighted by molar-refractivity contribution is -0.123. The van der Waals surface area contributed by atoms with Gasteiger partial charge < -0.3 is 14.5 Å². The molecule has 1 amide bonds. The molecule has 0 saturated carbocycles. The highest BCUT2D eigenvalue weighted by atomic mass is 35.5. The fourth-order valence-electron chi connectivity index (χ4n) is 1.94. The minimum absolute atomic E-state index is 0.297. The van der Waals surface area contributed by atoms with Gasteiger partial charge in [0.1, 0.15) is 17.1 Å². The predicted molar refractivity (Wildman–Crippen MR) is 88.2 cm³/mol. The molecule has 2 aromatic rings. The Morgan fingerprint density at radius 1 is 1.22 bits per heavy atom. The zero-order valence-corrected chi connectivity index (χ0v) is 14.3. The number of carbonyl (C=O) groups excluding carboxylic acids is 2. The number of carbonyl (C=O) groups is 2. The average Bonchev–Trinajstić information content (AvgIpc) is 2.80. The van der Waals surface area contributed by atoms with Crippen LogP contribution in [0.25, 0.3) is 0 Å². The number of halogens is 2. The van der Waals surface area contributed by atoms with Gasteiger partial charge in [-0.3, -0.25) is 4.79 Å². The van der Waals surface area contributed by atoms with Gasteiger partial charge in [0, 0.05) is 5.02 Å². The lowest BCUT2D eigenvalue weighted by Crippen LogP contribution is -2.30. The van der Waals surface area contributed by atoms with Crippen molar-refractivity contribution in [3.05, 3.63) is 51.4 Å². The number of furan rings is 1. The van der Waals surface area contributed by atoms with Gasteiger partial charge >= 0.3 is 5.97 Å². The van der Waals surface area contributed by atoms with Crippen LogP contribution in [-0.2, 0) is 9.53 Å². The Balaban J connectivity index is 2.02. The van der Waals surface area contributed by atoms with Crippen molar-refractivity contribution in [3.63, 3.8) is 0 Å². The first-order chi connectivity index (χ1) is 10.8. The Kier molecular flexibility index (Phi) is 5.34. The van der Waals surface area contributed by atoms with Crippen LogP contribution >= 0.6 is 23.2 Å². The van der Waals surface area contributed by atoms with E-state index in [9.17, 15) is 9.59 Å². The highest BCUT2D eigenvalue weighted by Gasteiger charge is 2.22. The molecule has 1 N–H and O–H groups in total. The van der Waals surface area contributed by atoms with Crippen molar-refractivity contribution in [2.75, 3.05) is 5.32 Å². The van der Waals surface area contributed by atoms with Crippen molar-refractivity contribution in [2.24, 2.45) is 0 Å². The molecule has 0 aliphatic carbocycles. The number of hydrogen-bond acceptors (Lipinski definition) is 4.